The van der Waals surface area contributed by atoms with Crippen LogP contribution in [0.15, 0.2) is 54.6 Å². The van der Waals surface area contributed by atoms with Gasteiger partial charge in [0.15, 0.2) is 0 Å². The molecule has 0 saturated carbocycles. The van der Waals surface area contributed by atoms with Crippen LogP contribution in [-0.2, 0) is 4.74 Å². The molecule has 0 unspecified atom stereocenters. The molecule has 2 aromatic carbocycles. The Balaban J connectivity index is 1.87. The van der Waals surface area contributed by atoms with Crippen molar-refractivity contribution in [3.05, 3.63) is 71.5 Å². The average molecular weight is 374 g/mol. The van der Waals surface area contributed by atoms with Crippen molar-refractivity contribution in [1.29, 1.82) is 0 Å². The van der Waals surface area contributed by atoms with Gasteiger partial charge in [0.25, 0.3) is 11.8 Å². The molecule has 0 bridgehead atoms. The van der Waals surface area contributed by atoms with Crippen molar-refractivity contribution in [3.63, 3.8) is 0 Å². The van der Waals surface area contributed by atoms with Crippen LogP contribution in [0.25, 0.3) is 0 Å². The number of carbonyl (C=O) groups is 2. The van der Waals surface area contributed by atoms with Crippen LogP contribution in [0, 0.1) is 5.82 Å². The molecule has 0 heterocycles. The van der Waals surface area contributed by atoms with E-state index < -0.39 is 23.9 Å². The molecule has 0 saturated heterocycles. The zero-order valence-corrected chi connectivity index (χ0v) is 15.0. The Kier molecular flexibility index (Phi) is 7.91. The van der Waals surface area contributed by atoms with Crippen LogP contribution in [0.1, 0.15) is 27.6 Å². The number of aliphatic hydroxyl groups excluding tert-OH is 1. The fourth-order valence-corrected chi connectivity index (χ4v) is 2.47. The normalized spacial score (nSPS) is 12.9. The summed E-state index contributed by atoms with van der Waals surface area (Å²) in [6, 6.07) is 13.9. The van der Waals surface area contributed by atoms with Crippen LogP contribution < -0.4 is 10.6 Å². The lowest BCUT2D eigenvalue weighted by Crippen LogP contribution is -2.46. The number of nitrogens with one attached hydrogen (secondary N) is 2. The van der Waals surface area contributed by atoms with Crippen LogP contribution in [-0.4, -0.2) is 48.8 Å². The smallest absolute Gasteiger partial charge is 0.251 e. The standard InChI is InChI=1S/C20H23FN2O4/c1-2-27-18(13-23-20(26)15-9-6-10-16(21)11-15)17(24)12-22-19(25)14-7-4-3-5-8-14/h3-11,17-18,24H,2,12-13H2,1H3,(H,22,25)(H,23,26)/t17-,18+/m0/s1. The molecule has 2 atom stereocenters. The number of halogens is 1. The van der Waals surface area contributed by atoms with E-state index in [1.54, 1.807) is 37.3 Å². The van der Waals surface area contributed by atoms with Gasteiger partial charge in [-0.2, -0.15) is 0 Å². The highest BCUT2D eigenvalue weighted by atomic mass is 19.1. The second-order valence-electron chi connectivity index (χ2n) is 5.86. The molecule has 0 fully saturated rings. The molecule has 0 aromatic heterocycles. The third kappa shape index (κ3) is 6.47. The maximum absolute atomic E-state index is 13.2. The third-order valence-corrected chi connectivity index (χ3v) is 3.87. The van der Waals surface area contributed by atoms with Gasteiger partial charge >= 0.3 is 0 Å². The van der Waals surface area contributed by atoms with Crippen molar-refractivity contribution >= 4 is 11.8 Å². The van der Waals surface area contributed by atoms with Crippen molar-refractivity contribution in [1.82, 2.24) is 10.6 Å². The van der Waals surface area contributed by atoms with Gasteiger partial charge < -0.3 is 20.5 Å². The molecule has 0 spiro atoms. The van der Waals surface area contributed by atoms with Gasteiger partial charge in [-0.1, -0.05) is 24.3 Å². The van der Waals surface area contributed by atoms with E-state index in [2.05, 4.69) is 10.6 Å². The highest BCUT2D eigenvalue weighted by Gasteiger charge is 2.21. The first-order valence-electron chi connectivity index (χ1n) is 8.68. The highest BCUT2D eigenvalue weighted by molar-refractivity contribution is 5.94. The van der Waals surface area contributed by atoms with E-state index in [-0.39, 0.29) is 24.6 Å². The summed E-state index contributed by atoms with van der Waals surface area (Å²) >= 11 is 0. The molecular formula is C20H23FN2O4. The van der Waals surface area contributed by atoms with Crippen molar-refractivity contribution in [2.24, 2.45) is 0 Å². The second kappa shape index (κ2) is 10.4. The van der Waals surface area contributed by atoms with E-state index >= 15 is 0 Å². The van der Waals surface area contributed by atoms with Crippen molar-refractivity contribution in [3.8, 4) is 0 Å². The Morgan fingerprint density at radius 1 is 1.00 bits per heavy atom. The van der Waals surface area contributed by atoms with Crippen molar-refractivity contribution < 1.29 is 23.8 Å². The molecule has 2 rings (SSSR count). The van der Waals surface area contributed by atoms with Gasteiger partial charge in [-0.3, -0.25) is 9.59 Å². The molecule has 0 aliphatic heterocycles. The van der Waals surface area contributed by atoms with Crippen molar-refractivity contribution in [2.45, 2.75) is 19.1 Å². The van der Waals surface area contributed by atoms with E-state index in [1.807, 2.05) is 0 Å². The highest BCUT2D eigenvalue weighted by Crippen LogP contribution is 2.05. The maximum atomic E-state index is 13.2. The minimum Gasteiger partial charge on any atom is -0.388 e. The lowest BCUT2D eigenvalue weighted by molar-refractivity contribution is -0.0287. The predicted octanol–water partition coefficient (Wildman–Crippen LogP) is 1.75. The number of ether oxygens (including phenoxy) is 1. The number of hydrogen-bond acceptors (Lipinski definition) is 4. The SMILES string of the molecule is CCO[C@H](CNC(=O)c1cccc(F)c1)[C@@H](O)CNC(=O)c1ccccc1. The summed E-state index contributed by atoms with van der Waals surface area (Å²) < 4.78 is 18.7. The van der Waals surface area contributed by atoms with Crippen LogP contribution in [0.3, 0.4) is 0 Å². The first kappa shape index (κ1) is 20.5. The van der Waals surface area contributed by atoms with E-state index in [0.29, 0.717) is 12.2 Å². The van der Waals surface area contributed by atoms with Gasteiger partial charge in [0.05, 0.1) is 6.10 Å². The quantitative estimate of drug-likeness (QED) is 0.624. The number of aliphatic hydroxyl groups is 1. The summed E-state index contributed by atoms with van der Waals surface area (Å²) in [7, 11) is 0. The molecule has 144 valence electrons. The van der Waals surface area contributed by atoms with Crippen LogP contribution in [0.4, 0.5) is 4.39 Å². The molecule has 2 amide bonds. The third-order valence-electron chi connectivity index (χ3n) is 3.87. The van der Waals surface area contributed by atoms with Gasteiger partial charge in [0, 0.05) is 30.8 Å². The Bertz CT molecular complexity index is 755. The summed E-state index contributed by atoms with van der Waals surface area (Å²) in [6.45, 7) is 2.07. The lowest BCUT2D eigenvalue weighted by atomic mass is 10.1. The van der Waals surface area contributed by atoms with Gasteiger partial charge in [-0.25, -0.2) is 4.39 Å². The summed E-state index contributed by atoms with van der Waals surface area (Å²) in [5.41, 5.74) is 0.661. The summed E-state index contributed by atoms with van der Waals surface area (Å²) in [5.74, 6) is -1.29. The van der Waals surface area contributed by atoms with Crippen molar-refractivity contribution in [2.75, 3.05) is 19.7 Å². The molecular weight excluding hydrogens is 351 g/mol. The monoisotopic (exact) mass is 374 g/mol. The zero-order chi connectivity index (χ0) is 19.6. The molecule has 27 heavy (non-hydrogen) atoms. The van der Waals surface area contributed by atoms with Crippen LogP contribution in [0.2, 0.25) is 0 Å². The molecule has 2 aromatic rings. The average Bonchev–Trinajstić information content (AvgIpc) is 2.69. The first-order chi connectivity index (χ1) is 13.0. The van der Waals surface area contributed by atoms with E-state index in [0.717, 1.165) is 6.07 Å². The predicted molar refractivity (Wildman–Crippen MR) is 98.9 cm³/mol. The minimum atomic E-state index is -1.02. The fourth-order valence-electron chi connectivity index (χ4n) is 2.47. The second-order valence-corrected chi connectivity index (χ2v) is 5.86. The van der Waals surface area contributed by atoms with Gasteiger partial charge in [0.1, 0.15) is 11.9 Å². The molecule has 6 nitrogen and oxygen atoms in total. The molecule has 7 heteroatoms. The van der Waals surface area contributed by atoms with Gasteiger partial charge in [-0.15, -0.1) is 0 Å². The van der Waals surface area contributed by atoms with E-state index in [4.69, 9.17) is 4.74 Å². The molecule has 3 N–H and O–H groups in total. The van der Waals surface area contributed by atoms with Crippen LogP contribution in [0.5, 0.6) is 0 Å². The minimum absolute atomic E-state index is 0.0194. The zero-order valence-electron chi connectivity index (χ0n) is 15.0. The van der Waals surface area contributed by atoms with Gasteiger partial charge in [-0.05, 0) is 37.3 Å². The Morgan fingerprint density at radius 2 is 1.63 bits per heavy atom. The topological polar surface area (TPSA) is 87.7 Å². The lowest BCUT2D eigenvalue weighted by Gasteiger charge is -2.23. The molecule has 0 aliphatic carbocycles. The summed E-state index contributed by atoms with van der Waals surface area (Å²) in [6.07, 6.45) is -1.74. The Morgan fingerprint density at radius 3 is 2.30 bits per heavy atom. The number of benzene rings is 2. The van der Waals surface area contributed by atoms with E-state index in [1.165, 1.54) is 18.2 Å². The number of rotatable bonds is 9. The largest absolute Gasteiger partial charge is 0.388 e. The molecule has 0 aliphatic rings. The Labute approximate surface area is 157 Å². The number of amides is 2. The molecule has 0 radical (unpaired) electrons. The number of hydrogen-bond donors (Lipinski definition) is 3. The van der Waals surface area contributed by atoms with Crippen LogP contribution >= 0.6 is 0 Å². The van der Waals surface area contributed by atoms with E-state index in [9.17, 15) is 19.1 Å². The summed E-state index contributed by atoms with van der Waals surface area (Å²) in [5, 5.41) is 15.6. The van der Waals surface area contributed by atoms with Gasteiger partial charge in [0.2, 0.25) is 0 Å². The number of carbonyl (C=O) groups excluding carboxylic acids is 2. The fraction of sp³-hybridized carbons (Fsp3) is 0.300. The first-order valence-corrected chi connectivity index (χ1v) is 8.68. The summed E-state index contributed by atoms with van der Waals surface area (Å²) in [4.78, 5) is 24.1. The maximum Gasteiger partial charge on any atom is 0.251 e. The Hall–Kier alpha value is -2.77.